The van der Waals surface area contributed by atoms with E-state index < -0.39 is 17.8 Å². The quantitative estimate of drug-likeness (QED) is 0.579. The number of pyridine rings is 1. The van der Waals surface area contributed by atoms with Crippen LogP contribution in [0, 0.1) is 0 Å². The number of nitrogen functional groups attached to an aromatic ring is 1. The molecule has 144 valence electrons. The van der Waals surface area contributed by atoms with E-state index >= 15 is 0 Å². The monoisotopic (exact) mass is 388 g/mol. The Labute approximate surface area is 158 Å². The van der Waals surface area contributed by atoms with Crippen molar-refractivity contribution < 1.29 is 22.7 Å². The zero-order valence-electron chi connectivity index (χ0n) is 14.3. The number of nitrogens with one attached hydrogen (secondary N) is 2. The van der Waals surface area contributed by atoms with Crippen LogP contribution in [0.1, 0.15) is 5.56 Å². The standard InChI is InChI=1S/C19H15F3N4O2/c20-19(21,22)12-3-1-4-13(9-12)25-18(27)26-14-5-2-6-15(10-14)28-16-7-8-17(23)24-11-16/h1-11H,(H2,23,24)(H2,25,26,27). The molecule has 0 unspecified atom stereocenters. The molecule has 28 heavy (non-hydrogen) atoms. The van der Waals surface area contributed by atoms with Crippen molar-refractivity contribution in [3.05, 3.63) is 72.4 Å². The zero-order valence-corrected chi connectivity index (χ0v) is 14.3. The second-order valence-corrected chi connectivity index (χ2v) is 5.71. The van der Waals surface area contributed by atoms with E-state index in [1.807, 2.05) is 0 Å². The molecule has 0 atom stereocenters. The van der Waals surface area contributed by atoms with Gasteiger partial charge in [-0.3, -0.25) is 0 Å². The Morgan fingerprint density at radius 3 is 2.25 bits per heavy atom. The Morgan fingerprint density at radius 1 is 0.929 bits per heavy atom. The van der Waals surface area contributed by atoms with Gasteiger partial charge in [-0.1, -0.05) is 12.1 Å². The van der Waals surface area contributed by atoms with Crippen LogP contribution in [0.5, 0.6) is 11.5 Å². The van der Waals surface area contributed by atoms with Crippen molar-refractivity contribution in [3.63, 3.8) is 0 Å². The lowest BCUT2D eigenvalue weighted by Gasteiger charge is -2.11. The molecule has 4 N–H and O–H groups in total. The van der Waals surface area contributed by atoms with Crippen molar-refractivity contribution in [2.24, 2.45) is 0 Å². The minimum absolute atomic E-state index is 0.0210. The van der Waals surface area contributed by atoms with Crippen LogP contribution < -0.4 is 21.1 Å². The van der Waals surface area contributed by atoms with E-state index in [1.165, 1.54) is 18.3 Å². The summed E-state index contributed by atoms with van der Waals surface area (Å²) in [5.41, 5.74) is 5.08. The van der Waals surface area contributed by atoms with E-state index in [4.69, 9.17) is 10.5 Å². The van der Waals surface area contributed by atoms with Crippen molar-refractivity contribution in [3.8, 4) is 11.5 Å². The first-order chi connectivity index (χ1) is 13.3. The lowest BCUT2D eigenvalue weighted by Crippen LogP contribution is -2.19. The highest BCUT2D eigenvalue weighted by atomic mass is 19.4. The van der Waals surface area contributed by atoms with Gasteiger partial charge in [0.2, 0.25) is 0 Å². The number of carbonyl (C=O) groups is 1. The summed E-state index contributed by atoms with van der Waals surface area (Å²) in [6.07, 6.45) is -3.04. The number of halogens is 3. The number of carbonyl (C=O) groups excluding carboxylic acids is 1. The number of anilines is 3. The number of alkyl halides is 3. The number of aromatic nitrogens is 1. The second-order valence-electron chi connectivity index (χ2n) is 5.71. The number of urea groups is 1. The summed E-state index contributed by atoms with van der Waals surface area (Å²) in [5, 5.41) is 4.90. The lowest BCUT2D eigenvalue weighted by molar-refractivity contribution is -0.137. The summed E-state index contributed by atoms with van der Waals surface area (Å²) in [5.74, 6) is 1.25. The average molecular weight is 388 g/mol. The molecule has 0 fully saturated rings. The predicted octanol–water partition coefficient (Wildman–Crippen LogP) is 5.12. The normalized spacial score (nSPS) is 11.0. The van der Waals surface area contributed by atoms with Gasteiger partial charge in [-0.25, -0.2) is 9.78 Å². The Kier molecular flexibility index (Phi) is 5.35. The number of ether oxygens (including phenoxy) is 1. The Bertz CT molecular complexity index is 975. The molecule has 6 nitrogen and oxygen atoms in total. The maximum Gasteiger partial charge on any atom is 0.416 e. The second kappa shape index (κ2) is 7.87. The summed E-state index contributed by atoms with van der Waals surface area (Å²) >= 11 is 0. The van der Waals surface area contributed by atoms with Gasteiger partial charge in [0.05, 0.1) is 11.8 Å². The number of hydrogen-bond acceptors (Lipinski definition) is 4. The summed E-state index contributed by atoms with van der Waals surface area (Å²) in [6, 6.07) is 13.4. The number of amides is 2. The third-order valence-electron chi connectivity index (χ3n) is 3.53. The molecule has 0 saturated carbocycles. The molecule has 1 aromatic heterocycles. The van der Waals surface area contributed by atoms with Crippen LogP contribution in [0.15, 0.2) is 66.9 Å². The van der Waals surface area contributed by atoms with Crippen LogP contribution in [0.2, 0.25) is 0 Å². The van der Waals surface area contributed by atoms with Crippen molar-refractivity contribution >= 4 is 23.2 Å². The van der Waals surface area contributed by atoms with Gasteiger partial charge in [0.25, 0.3) is 0 Å². The highest BCUT2D eigenvalue weighted by molar-refractivity contribution is 5.99. The van der Waals surface area contributed by atoms with E-state index in [0.717, 1.165) is 12.1 Å². The van der Waals surface area contributed by atoms with Crippen molar-refractivity contribution in [2.45, 2.75) is 6.18 Å². The summed E-state index contributed by atoms with van der Waals surface area (Å²) in [4.78, 5) is 16.0. The Balaban J connectivity index is 1.65. The molecule has 3 aromatic rings. The summed E-state index contributed by atoms with van der Waals surface area (Å²) in [7, 11) is 0. The molecular formula is C19H15F3N4O2. The molecule has 0 spiro atoms. The third-order valence-corrected chi connectivity index (χ3v) is 3.53. The molecule has 0 saturated heterocycles. The molecule has 3 rings (SSSR count). The van der Waals surface area contributed by atoms with E-state index in [-0.39, 0.29) is 5.69 Å². The van der Waals surface area contributed by atoms with Gasteiger partial charge in [-0.15, -0.1) is 0 Å². The van der Waals surface area contributed by atoms with Crippen LogP contribution >= 0.6 is 0 Å². The molecule has 0 bridgehead atoms. The fourth-order valence-corrected chi connectivity index (χ4v) is 2.29. The topological polar surface area (TPSA) is 89.3 Å². The van der Waals surface area contributed by atoms with Crippen LogP contribution in [0.25, 0.3) is 0 Å². The Morgan fingerprint density at radius 2 is 1.61 bits per heavy atom. The van der Waals surface area contributed by atoms with Crippen LogP contribution in [0.4, 0.5) is 35.2 Å². The van der Waals surface area contributed by atoms with Crippen LogP contribution in [-0.4, -0.2) is 11.0 Å². The lowest BCUT2D eigenvalue weighted by atomic mass is 10.2. The van der Waals surface area contributed by atoms with Gasteiger partial charge >= 0.3 is 12.2 Å². The maximum atomic E-state index is 12.7. The first-order valence-corrected chi connectivity index (χ1v) is 8.04. The number of benzene rings is 2. The highest BCUT2D eigenvalue weighted by Gasteiger charge is 2.30. The van der Waals surface area contributed by atoms with E-state index in [1.54, 1.807) is 36.4 Å². The number of nitrogens with zero attached hydrogens (tertiary/aromatic N) is 1. The molecule has 0 aliphatic heterocycles. The maximum absolute atomic E-state index is 12.7. The van der Waals surface area contributed by atoms with E-state index in [9.17, 15) is 18.0 Å². The molecule has 1 heterocycles. The van der Waals surface area contributed by atoms with Gasteiger partial charge in [-0.05, 0) is 42.5 Å². The van der Waals surface area contributed by atoms with Crippen molar-refractivity contribution in [1.29, 1.82) is 0 Å². The average Bonchev–Trinajstić information content (AvgIpc) is 2.63. The SMILES string of the molecule is Nc1ccc(Oc2cccc(NC(=O)Nc3cccc(C(F)(F)F)c3)c2)cn1. The number of rotatable bonds is 4. The fraction of sp³-hybridized carbons (Fsp3) is 0.0526. The van der Waals surface area contributed by atoms with Gasteiger partial charge < -0.3 is 21.1 Å². The van der Waals surface area contributed by atoms with Crippen LogP contribution in [0.3, 0.4) is 0 Å². The van der Waals surface area contributed by atoms with E-state index in [0.29, 0.717) is 23.0 Å². The summed E-state index contributed by atoms with van der Waals surface area (Å²) in [6.45, 7) is 0. The first kappa shape index (κ1) is 19.0. The molecule has 2 amide bonds. The van der Waals surface area contributed by atoms with Gasteiger partial charge in [0, 0.05) is 17.4 Å². The summed E-state index contributed by atoms with van der Waals surface area (Å²) < 4.78 is 43.8. The number of nitrogens with two attached hydrogens (primary N) is 1. The van der Waals surface area contributed by atoms with Gasteiger partial charge in [0.1, 0.15) is 17.3 Å². The molecule has 0 aliphatic rings. The largest absolute Gasteiger partial charge is 0.456 e. The predicted molar refractivity (Wildman–Crippen MR) is 99.3 cm³/mol. The van der Waals surface area contributed by atoms with Gasteiger partial charge in [-0.2, -0.15) is 13.2 Å². The smallest absolute Gasteiger partial charge is 0.416 e. The molecule has 0 radical (unpaired) electrons. The van der Waals surface area contributed by atoms with Crippen molar-refractivity contribution in [2.75, 3.05) is 16.4 Å². The van der Waals surface area contributed by atoms with E-state index in [2.05, 4.69) is 15.6 Å². The minimum Gasteiger partial charge on any atom is -0.456 e. The van der Waals surface area contributed by atoms with Crippen molar-refractivity contribution in [1.82, 2.24) is 4.98 Å². The molecule has 9 heteroatoms. The zero-order chi connectivity index (χ0) is 20.1. The fourth-order valence-electron chi connectivity index (χ4n) is 2.29. The van der Waals surface area contributed by atoms with Gasteiger partial charge in [0.15, 0.2) is 0 Å². The molecule has 0 aliphatic carbocycles. The minimum atomic E-state index is -4.49. The van der Waals surface area contributed by atoms with Crippen LogP contribution in [-0.2, 0) is 6.18 Å². The molecular weight excluding hydrogens is 373 g/mol. The first-order valence-electron chi connectivity index (χ1n) is 8.04. The third kappa shape index (κ3) is 5.13. The molecule has 2 aromatic carbocycles. The Hall–Kier alpha value is -3.75. The highest BCUT2D eigenvalue weighted by Crippen LogP contribution is 2.30. The number of hydrogen-bond donors (Lipinski definition) is 3.